The third-order valence-corrected chi connectivity index (χ3v) is 2.47. The largest absolute Gasteiger partial charge is 0.312 e. The van der Waals surface area contributed by atoms with Gasteiger partial charge >= 0.3 is 0 Å². The Hall–Kier alpha value is -1.00. The smallest absolute Gasteiger partial charge is 0.115 e. The first-order valence-corrected chi connectivity index (χ1v) is 5.04. The molecule has 14 heavy (non-hydrogen) atoms. The summed E-state index contributed by atoms with van der Waals surface area (Å²) in [6.07, 6.45) is 5.35. The van der Waals surface area contributed by atoms with Gasteiger partial charge in [0.2, 0.25) is 0 Å². The van der Waals surface area contributed by atoms with Crippen molar-refractivity contribution >= 4 is 0 Å². The summed E-state index contributed by atoms with van der Waals surface area (Å²) in [5, 5.41) is 3.42. The van der Waals surface area contributed by atoms with Crippen LogP contribution in [0, 0.1) is 0 Å². The average Bonchev–Trinajstić information content (AvgIpc) is 2.19. The maximum absolute atomic E-state index is 4.02. The highest BCUT2D eigenvalue weighted by molar-refractivity contribution is 5.02. The van der Waals surface area contributed by atoms with Crippen molar-refractivity contribution in [2.45, 2.75) is 19.5 Å². The fraction of sp³-hybridized carbons (Fsp3) is 0.600. The summed E-state index contributed by atoms with van der Waals surface area (Å²) in [7, 11) is 0. The lowest BCUT2D eigenvalue weighted by Gasteiger charge is -2.31. The molecule has 1 aliphatic rings. The average molecular weight is 192 g/mol. The van der Waals surface area contributed by atoms with Gasteiger partial charge in [-0.1, -0.05) is 0 Å². The van der Waals surface area contributed by atoms with Gasteiger partial charge in [0, 0.05) is 50.2 Å². The molecular formula is C10H16N4. The van der Waals surface area contributed by atoms with Crippen LogP contribution in [0.4, 0.5) is 0 Å². The number of piperazine rings is 1. The van der Waals surface area contributed by atoms with E-state index in [4.69, 9.17) is 0 Å². The number of hydrogen-bond acceptors (Lipinski definition) is 4. The molecule has 0 saturated carbocycles. The number of rotatable bonds is 2. The van der Waals surface area contributed by atoms with Gasteiger partial charge < -0.3 is 5.32 Å². The Morgan fingerprint density at radius 3 is 3.00 bits per heavy atom. The molecule has 0 unspecified atom stereocenters. The third-order valence-electron chi connectivity index (χ3n) is 2.47. The second-order valence-electron chi connectivity index (χ2n) is 3.84. The van der Waals surface area contributed by atoms with E-state index in [2.05, 4.69) is 27.1 Å². The van der Waals surface area contributed by atoms with Crippen LogP contribution in [0.15, 0.2) is 18.7 Å². The molecule has 1 aliphatic heterocycles. The fourth-order valence-electron chi connectivity index (χ4n) is 1.83. The van der Waals surface area contributed by atoms with E-state index < -0.39 is 0 Å². The van der Waals surface area contributed by atoms with E-state index in [1.165, 1.54) is 5.56 Å². The van der Waals surface area contributed by atoms with Crippen LogP contribution in [0.1, 0.15) is 12.5 Å². The van der Waals surface area contributed by atoms with Crippen molar-refractivity contribution in [3.63, 3.8) is 0 Å². The SMILES string of the molecule is C[C@H]1CN(Cc2cncnc2)CCN1. The van der Waals surface area contributed by atoms with Gasteiger partial charge in [-0.05, 0) is 6.92 Å². The Balaban J connectivity index is 1.91. The summed E-state index contributed by atoms with van der Waals surface area (Å²) < 4.78 is 0. The molecule has 0 amide bonds. The van der Waals surface area contributed by atoms with Crippen molar-refractivity contribution in [2.24, 2.45) is 0 Å². The van der Waals surface area contributed by atoms with Gasteiger partial charge in [0.05, 0.1) is 0 Å². The van der Waals surface area contributed by atoms with Crippen molar-refractivity contribution in [1.82, 2.24) is 20.2 Å². The molecule has 1 aromatic heterocycles. The zero-order chi connectivity index (χ0) is 9.80. The second kappa shape index (κ2) is 4.48. The number of aromatic nitrogens is 2. The van der Waals surface area contributed by atoms with Gasteiger partial charge in [-0.2, -0.15) is 0 Å². The minimum atomic E-state index is 0.591. The maximum Gasteiger partial charge on any atom is 0.115 e. The Morgan fingerprint density at radius 1 is 1.50 bits per heavy atom. The predicted octanol–water partition coefficient (Wildman–Crippen LogP) is 0.270. The molecule has 0 bridgehead atoms. The molecule has 0 radical (unpaired) electrons. The number of nitrogens with zero attached hydrogens (tertiary/aromatic N) is 3. The monoisotopic (exact) mass is 192 g/mol. The molecule has 0 spiro atoms. The van der Waals surface area contributed by atoms with Crippen molar-refractivity contribution in [2.75, 3.05) is 19.6 Å². The molecule has 4 nitrogen and oxygen atoms in total. The normalized spacial score (nSPS) is 23.6. The number of hydrogen-bond donors (Lipinski definition) is 1. The zero-order valence-electron chi connectivity index (χ0n) is 8.48. The molecule has 0 aliphatic carbocycles. The molecule has 0 aromatic carbocycles. The lowest BCUT2D eigenvalue weighted by atomic mass is 10.2. The van der Waals surface area contributed by atoms with Crippen LogP contribution in [0.25, 0.3) is 0 Å². The Kier molecular flexibility index (Phi) is 3.06. The maximum atomic E-state index is 4.02. The third kappa shape index (κ3) is 2.49. The Morgan fingerprint density at radius 2 is 2.29 bits per heavy atom. The van der Waals surface area contributed by atoms with Crippen molar-refractivity contribution in [1.29, 1.82) is 0 Å². The summed E-state index contributed by atoms with van der Waals surface area (Å²) in [4.78, 5) is 10.5. The van der Waals surface area contributed by atoms with E-state index in [-0.39, 0.29) is 0 Å². The van der Waals surface area contributed by atoms with E-state index in [1.807, 2.05) is 12.4 Å². The summed E-state index contributed by atoms with van der Waals surface area (Å²) in [6, 6.07) is 0.591. The molecule has 2 rings (SSSR count). The summed E-state index contributed by atoms with van der Waals surface area (Å²) in [6.45, 7) is 6.48. The van der Waals surface area contributed by atoms with Crippen LogP contribution in [-0.2, 0) is 6.54 Å². The van der Waals surface area contributed by atoms with Gasteiger partial charge in [0.1, 0.15) is 6.33 Å². The molecule has 76 valence electrons. The molecule has 1 N–H and O–H groups in total. The van der Waals surface area contributed by atoms with E-state index >= 15 is 0 Å². The van der Waals surface area contributed by atoms with Crippen LogP contribution in [-0.4, -0.2) is 40.5 Å². The van der Waals surface area contributed by atoms with E-state index in [1.54, 1.807) is 6.33 Å². The Labute approximate surface area is 84.4 Å². The minimum absolute atomic E-state index is 0.591. The predicted molar refractivity (Wildman–Crippen MR) is 54.8 cm³/mol. The van der Waals surface area contributed by atoms with Crippen molar-refractivity contribution in [3.8, 4) is 0 Å². The first-order valence-electron chi connectivity index (χ1n) is 5.04. The van der Waals surface area contributed by atoms with E-state index in [0.29, 0.717) is 6.04 Å². The van der Waals surface area contributed by atoms with Crippen LogP contribution in [0.3, 0.4) is 0 Å². The molecule has 1 fully saturated rings. The van der Waals surface area contributed by atoms with Crippen LogP contribution >= 0.6 is 0 Å². The zero-order valence-corrected chi connectivity index (χ0v) is 8.48. The van der Waals surface area contributed by atoms with Gasteiger partial charge in [-0.3, -0.25) is 4.90 Å². The first-order chi connectivity index (χ1) is 6.84. The second-order valence-corrected chi connectivity index (χ2v) is 3.84. The van der Waals surface area contributed by atoms with Gasteiger partial charge in [0.15, 0.2) is 0 Å². The molecule has 1 atom stereocenters. The van der Waals surface area contributed by atoms with Gasteiger partial charge in [-0.15, -0.1) is 0 Å². The summed E-state index contributed by atoms with van der Waals surface area (Å²) in [5.74, 6) is 0. The molecule has 4 heteroatoms. The van der Waals surface area contributed by atoms with Crippen LogP contribution in [0.2, 0.25) is 0 Å². The molecular weight excluding hydrogens is 176 g/mol. The lowest BCUT2D eigenvalue weighted by molar-refractivity contribution is 0.199. The van der Waals surface area contributed by atoms with E-state index in [9.17, 15) is 0 Å². The first kappa shape index (κ1) is 9.55. The lowest BCUT2D eigenvalue weighted by Crippen LogP contribution is -2.48. The molecule has 2 heterocycles. The summed E-state index contributed by atoms with van der Waals surface area (Å²) >= 11 is 0. The highest BCUT2D eigenvalue weighted by Gasteiger charge is 2.15. The summed E-state index contributed by atoms with van der Waals surface area (Å²) in [5.41, 5.74) is 1.20. The van der Waals surface area contributed by atoms with E-state index in [0.717, 1.165) is 26.2 Å². The van der Waals surface area contributed by atoms with Crippen molar-refractivity contribution in [3.05, 3.63) is 24.3 Å². The van der Waals surface area contributed by atoms with Crippen LogP contribution in [0.5, 0.6) is 0 Å². The Bertz CT molecular complexity index is 275. The standard InChI is InChI=1S/C10H16N4/c1-9-6-14(3-2-13-9)7-10-4-11-8-12-5-10/h4-5,8-9,13H,2-3,6-7H2,1H3/t9-/m0/s1. The molecule has 1 aromatic rings. The quantitative estimate of drug-likeness (QED) is 0.730. The highest BCUT2D eigenvalue weighted by atomic mass is 15.2. The fourth-order valence-corrected chi connectivity index (χ4v) is 1.83. The number of nitrogens with one attached hydrogen (secondary N) is 1. The highest BCUT2D eigenvalue weighted by Crippen LogP contribution is 2.04. The topological polar surface area (TPSA) is 41.1 Å². The van der Waals surface area contributed by atoms with Gasteiger partial charge in [0.25, 0.3) is 0 Å². The van der Waals surface area contributed by atoms with Gasteiger partial charge in [-0.25, -0.2) is 9.97 Å². The molecule has 1 saturated heterocycles. The van der Waals surface area contributed by atoms with Crippen molar-refractivity contribution < 1.29 is 0 Å². The minimum Gasteiger partial charge on any atom is -0.312 e. The van der Waals surface area contributed by atoms with Crippen LogP contribution < -0.4 is 5.32 Å².